The highest BCUT2D eigenvalue weighted by molar-refractivity contribution is 6.00. The molecule has 1 saturated heterocycles. The van der Waals surface area contributed by atoms with Crippen LogP contribution in [0.1, 0.15) is 18.4 Å². The predicted octanol–water partition coefficient (Wildman–Crippen LogP) is 3.63. The number of carbonyl (C=O) groups is 3. The molecule has 2 aromatic rings. The molecule has 0 aromatic heterocycles. The number of amides is 5. The summed E-state index contributed by atoms with van der Waals surface area (Å²) in [5, 5.41) is 11.0. The zero-order valence-electron chi connectivity index (χ0n) is 17.2. The lowest BCUT2D eigenvalue weighted by atomic mass is 9.97. The maximum Gasteiger partial charge on any atom is 0.323 e. The third-order valence-electron chi connectivity index (χ3n) is 5.03. The molecule has 0 unspecified atom stereocenters. The Labute approximate surface area is 176 Å². The standard InChI is InChI=1S/C22H27N5O3/c1-15-5-7-17(8-6-15)24-21(29)25-18-9-11-19(12-10-18)26-22(30)27-13-3-4-16(14-27)20(28)23-2/h5-12,16H,3-4,13-14H2,1-2H3,(H,23,28)(H,26,30)(H2,24,25,29)/t16-/m0/s1. The van der Waals surface area contributed by atoms with Crippen molar-refractivity contribution in [2.45, 2.75) is 19.8 Å². The first-order chi connectivity index (χ1) is 14.4. The number of hydrogen-bond acceptors (Lipinski definition) is 3. The van der Waals surface area contributed by atoms with E-state index in [9.17, 15) is 14.4 Å². The van der Waals surface area contributed by atoms with Gasteiger partial charge in [0.05, 0.1) is 5.92 Å². The van der Waals surface area contributed by atoms with Gasteiger partial charge in [0.25, 0.3) is 0 Å². The third kappa shape index (κ3) is 5.73. The minimum Gasteiger partial charge on any atom is -0.359 e. The number of piperidine rings is 1. The van der Waals surface area contributed by atoms with Gasteiger partial charge in [-0.15, -0.1) is 0 Å². The van der Waals surface area contributed by atoms with Gasteiger partial charge in [-0.1, -0.05) is 17.7 Å². The number of urea groups is 2. The van der Waals surface area contributed by atoms with Gasteiger partial charge in [0.15, 0.2) is 0 Å². The van der Waals surface area contributed by atoms with Gasteiger partial charge in [0.2, 0.25) is 5.91 Å². The highest BCUT2D eigenvalue weighted by atomic mass is 16.2. The summed E-state index contributed by atoms with van der Waals surface area (Å²) in [5.74, 6) is -0.208. The van der Waals surface area contributed by atoms with Crippen molar-refractivity contribution in [2.75, 3.05) is 36.1 Å². The van der Waals surface area contributed by atoms with Crippen LogP contribution in [0.25, 0.3) is 0 Å². The summed E-state index contributed by atoms with van der Waals surface area (Å²) in [5.41, 5.74) is 3.05. The number of carbonyl (C=O) groups excluding carboxylic acids is 3. The normalized spacial score (nSPS) is 15.8. The smallest absolute Gasteiger partial charge is 0.323 e. The van der Waals surface area contributed by atoms with Crippen LogP contribution in [0.4, 0.5) is 26.7 Å². The molecule has 0 radical (unpaired) electrons. The van der Waals surface area contributed by atoms with Gasteiger partial charge in [0, 0.05) is 37.2 Å². The van der Waals surface area contributed by atoms with Crippen molar-refractivity contribution in [1.29, 1.82) is 0 Å². The zero-order chi connectivity index (χ0) is 21.5. The molecule has 30 heavy (non-hydrogen) atoms. The Balaban J connectivity index is 1.51. The van der Waals surface area contributed by atoms with E-state index in [1.54, 1.807) is 36.2 Å². The number of benzene rings is 2. The van der Waals surface area contributed by atoms with Crippen molar-refractivity contribution in [3.05, 3.63) is 54.1 Å². The van der Waals surface area contributed by atoms with Crippen LogP contribution in [0.2, 0.25) is 0 Å². The number of nitrogens with one attached hydrogen (secondary N) is 4. The summed E-state index contributed by atoms with van der Waals surface area (Å²) < 4.78 is 0. The van der Waals surface area contributed by atoms with Crippen LogP contribution < -0.4 is 21.3 Å². The van der Waals surface area contributed by atoms with Crippen LogP contribution in [0, 0.1) is 12.8 Å². The topological polar surface area (TPSA) is 103 Å². The highest BCUT2D eigenvalue weighted by Gasteiger charge is 2.27. The molecule has 1 aliphatic rings. The molecule has 0 bridgehead atoms. The molecule has 1 fully saturated rings. The maximum absolute atomic E-state index is 12.5. The molecule has 3 rings (SSSR count). The number of anilines is 3. The van der Waals surface area contributed by atoms with Gasteiger partial charge >= 0.3 is 12.1 Å². The summed E-state index contributed by atoms with van der Waals surface area (Å²) in [4.78, 5) is 38.1. The SMILES string of the molecule is CNC(=O)[C@H]1CCCN(C(=O)Nc2ccc(NC(=O)Nc3ccc(C)cc3)cc2)C1. The lowest BCUT2D eigenvalue weighted by Crippen LogP contribution is -2.46. The number of hydrogen-bond donors (Lipinski definition) is 4. The Hall–Kier alpha value is -3.55. The van der Waals surface area contributed by atoms with Crippen LogP contribution in [0.5, 0.6) is 0 Å². The number of rotatable bonds is 4. The molecule has 0 aliphatic carbocycles. The molecule has 1 heterocycles. The fourth-order valence-electron chi connectivity index (χ4n) is 3.35. The second kappa shape index (κ2) is 9.78. The molecule has 0 saturated carbocycles. The van der Waals surface area contributed by atoms with Crippen LogP contribution in [0.3, 0.4) is 0 Å². The van der Waals surface area contributed by atoms with Crippen LogP contribution in [-0.4, -0.2) is 43.0 Å². The van der Waals surface area contributed by atoms with E-state index in [2.05, 4.69) is 21.3 Å². The van der Waals surface area contributed by atoms with Crippen molar-refractivity contribution in [2.24, 2.45) is 5.92 Å². The van der Waals surface area contributed by atoms with E-state index < -0.39 is 0 Å². The minimum absolute atomic E-state index is 0.0353. The van der Waals surface area contributed by atoms with E-state index >= 15 is 0 Å². The van der Waals surface area contributed by atoms with Crippen molar-refractivity contribution in [3.63, 3.8) is 0 Å². The third-order valence-corrected chi connectivity index (χ3v) is 5.03. The number of nitrogens with zero attached hydrogens (tertiary/aromatic N) is 1. The summed E-state index contributed by atoms with van der Waals surface area (Å²) in [6.45, 7) is 3.01. The fourth-order valence-corrected chi connectivity index (χ4v) is 3.35. The molecule has 4 N–H and O–H groups in total. The molecule has 5 amide bonds. The Kier molecular flexibility index (Phi) is 6.90. The van der Waals surface area contributed by atoms with E-state index in [1.807, 2.05) is 31.2 Å². The predicted molar refractivity (Wildman–Crippen MR) is 118 cm³/mol. The number of likely N-dealkylation sites (tertiary alicyclic amines) is 1. The Morgan fingerprint density at radius 1 is 0.867 bits per heavy atom. The Bertz CT molecular complexity index is 896. The van der Waals surface area contributed by atoms with E-state index in [0.717, 1.165) is 18.4 Å². The molecule has 0 spiro atoms. The fraction of sp³-hybridized carbons (Fsp3) is 0.318. The first kappa shape index (κ1) is 21.2. The van der Waals surface area contributed by atoms with Crippen molar-refractivity contribution in [1.82, 2.24) is 10.2 Å². The molecular weight excluding hydrogens is 382 g/mol. The Morgan fingerprint density at radius 2 is 1.40 bits per heavy atom. The molecule has 2 aromatic carbocycles. The van der Waals surface area contributed by atoms with Crippen molar-refractivity contribution >= 4 is 35.0 Å². The Morgan fingerprint density at radius 3 is 1.97 bits per heavy atom. The molecule has 1 aliphatic heterocycles. The van der Waals surface area contributed by atoms with Gasteiger partial charge in [-0.2, -0.15) is 0 Å². The first-order valence-corrected chi connectivity index (χ1v) is 9.97. The molecule has 8 nitrogen and oxygen atoms in total. The summed E-state index contributed by atoms with van der Waals surface area (Å²) >= 11 is 0. The second-order valence-electron chi connectivity index (χ2n) is 7.35. The lowest BCUT2D eigenvalue weighted by Gasteiger charge is -2.31. The van der Waals surface area contributed by atoms with Crippen LogP contribution in [-0.2, 0) is 4.79 Å². The highest BCUT2D eigenvalue weighted by Crippen LogP contribution is 2.19. The monoisotopic (exact) mass is 409 g/mol. The van der Waals surface area contributed by atoms with E-state index in [-0.39, 0.29) is 23.9 Å². The van der Waals surface area contributed by atoms with Gasteiger partial charge in [-0.05, 0) is 56.2 Å². The molecule has 8 heteroatoms. The van der Waals surface area contributed by atoms with Crippen molar-refractivity contribution in [3.8, 4) is 0 Å². The molecule has 1 atom stereocenters. The average Bonchev–Trinajstić information content (AvgIpc) is 2.76. The lowest BCUT2D eigenvalue weighted by molar-refractivity contribution is -0.125. The quantitative estimate of drug-likeness (QED) is 0.620. The van der Waals surface area contributed by atoms with Crippen molar-refractivity contribution < 1.29 is 14.4 Å². The van der Waals surface area contributed by atoms with E-state index in [0.29, 0.717) is 30.2 Å². The average molecular weight is 409 g/mol. The first-order valence-electron chi connectivity index (χ1n) is 9.97. The van der Waals surface area contributed by atoms with Gasteiger partial charge in [-0.25, -0.2) is 9.59 Å². The van der Waals surface area contributed by atoms with Crippen LogP contribution >= 0.6 is 0 Å². The maximum atomic E-state index is 12.5. The summed E-state index contributed by atoms with van der Waals surface area (Å²) in [6, 6.07) is 13.8. The largest absolute Gasteiger partial charge is 0.359 e. The van der Waals surface area contributed by atoms with Crippen LogP contribution in [0.15, 0.2) is 48.5 Å². The summed E-state index contributed by atoms with van der Waals surface area (Å²) in [7, 11) is 1.61. The van der Waals surface area contributed by atoms with Gasteiger partial charge < -0.3 is 26.2 Å². The molecular formula is C22H27N5O3. The summed E-state index contributed by atoms with van der Waals surface area (Å²) in [6.07, 6.45) is 1.58. The van der Waals surface area contributed by atoms with Gasteiger partial charge in [0.1, 0.15) is 0 Å². The molecule has 158 valence electrons. The zero-order valence-corrected chi connectivity index (χ0v) is 17.2. The second-order valence-corrected chi connectivity index (χ2v) is 7.35. The number of aryl methyl sites for hydroxylation is 1. The van der Waals surface area contributed by atoms with Gasteiger partial charge in [-0.3, -0.25) is 4.79 Å². The minimum atomic E-state index is -0.343. The van der Waals surface area contributed by atoms with E-state index in [1.165, 1.54) is 0 Å². The van der Waals surface area contributed by atoms with E-state index in [4.69, 9.17) is 0 Å².